The van der Waals surface area contributed by atoms with Gasteiger partial charge in [-0.15, -0.1) is 0 Å². The number of amides is 1. The molecule has 0 saturated heterocycles. The Kier molecular flexibility index (Phi) is 2.07. The summed E-state index contributed by atoms with van der Waals surface area (Å²) in [6.45, 7) is 1.86. The lowest BCUT2D eigenvalue weighted by molar-refractivity contribution is 0.210. The molecular weight excluding hydrogens is 194 g/mol. The molecule has 0 spiro atoms. The molecule has 0 fully saturated rings. The highest BCUT2D eigenvalue weighted by Crippen LogP contribution is 2.26. The fourth-order valence-corrected chi connectivity index (χ4v) is 1.61. The molecule has 0 radical (unpaired) electrons. The number of aryl methyl sites for hydroxylation is 2. The van der Waals surface area contributed by atoms with Crippen LogP contribution in [0.15, 0.2) is 18.3 Å². The van der Waals surface area contributed by atoms with E-state index >= 15 is 0 Å². The van der Waals surface area contributed by atoms with Crippen LogP contribution in [0.2, 0.25) is 0 Å². The molecule has 0 aliphatic heterocycles. The number of aromatic nitrogens is 2. The van der Waals surface area contributed by atoms with E-state index in [-0.39, 0.29) is 0 Å². The van der Waals surface area contributed by atoms with E-state index in [4.69, 9.17) is 5.11 Å². The number of carbonyl (C=O) groups is 1. The van der Waals surface area contributed by atoms with Gasteiger partial charge in [0.15, 0.2) is 0 Å². The average molecular weight is 205 g/mol. The number of benzene rings is 1. The van der Waals surface area contributed by atoms with E-state index in [2.05, 4.69) is 10.4 Å². The molecule has 5 nitrogen and oxygen atoms in total. The Balaban J connectivity index is 2.68. The lowest BCUT2D eigenvalue weighted by Crippen LogP contribution is -2.08. The Labute approximate surface area is 86.3 Å². The van der Waals surface area contributed by atoms with Crippen LogP contribution in [0.1, 0.15) is 5.56 Å². The van der Waals surface area contributed by atoms with E-state index in [0.717, 1.165) is 16.5 Å². The van der Waals surface area contributed by atoms with Crippen molar-refractivity contribution in [2.75, 3.05) is 5.32 Å². The molecular formula is C10H11N3O2. The number of fused-ring (bicyclic) bond motifs is 1. The van der Waals surface area contributed by atoms with Gasteiger partial charge in [-0.3, -0.25) is 10.00 Å². The van der Waals surface area contributed by atoms with Gasteiger partial charge in [0, 0.05) is 12.4 Å². The Morgan fingerprint density at radius 2 is 2.27 bits per heavy atom. The van der Waals surface area contributed by atoms with Crippen LogP contribution >= 0.6 is 0 Å². The third-order valence-electron chi connectivity index (χ3n) is 2.37. The average Bonchev–Trinajstić information content (AvgIpc) is 2.52. The molecule has 1 aromatic heterocycles. The van der Waals surface area contributed by atoms with Gasteiger partial charge in [-0.25, -0.2) is 4.79 Å². The van der Waals surface area contributed by atoms with Gasteiger partial charge in [0.2, 0.25) is 0 Å². The zero-order valence-corrected chi connectivity index (χ0v) is 8.48. The van der Waals surface area contributed by atoms with E-state index in [1.165, 1.54) is 0 Å². The minimum Gasteiger partial charge on any atom is -0.465 e. The molecule has 0 saturated carbocycles. The molecule has 5 heteroatoms. The summed E-state index contributed by atoms with van der Waals surface area (Å²) < 4.78 is 1.71. The van der Waals surface area contributed by atoms with Crippen LogP contribution < -0.4 is 5.32 Å². The largest absolute Gasteiger partial charge is 0.465 e. The van der Waals surface area contributed by atoms with E-state index < -0.39 is 6.09 Å². The van der Waals surface area contributed by atoms with E-state index in [0.29, 0.717) is 5.69 Å². The van der Waals surface area contributed by atoms with Crippen LogP contribution in [-0.4, -0.2) is 21.0 Å². The van der Waals surface area contributed by atoms with Crippen LogP contribution in [0.3, 0.4) is 0 Å². The van der Waals surface area contributed by atoms with Gasteiger partial charge in [-0.2, -0.15) is 5.10 Å². The summed E-state index contributed by atoms with van der Waals surface area (Å²) in [7, 11) is 1.82. The quantitative estimate of drug-likeness (QED) is 0.747. The topological polar surface area (TPSA) is 67.2 Å². The molecule has 1 aromatic carbocycles. The highest BCUT2D eigenvalue weighted by molar-refractivity contribution is 5.99. The normalized spacial score (nSPS) is 10.5. The van der Waals surface area contributed by atoms with Gasteiger partial charge in [0.1, 0.15) is 0 Å². The number of nitrogens with zero attached hydrogens (tertiary/aromatic N) is 2. The Morgan fingerprint density at radius 1 is 1.53 bits per heavy atom. The fourth-order valence-electron chi connectivity index (χ4n) is 1.61. The van der Waals surface area contributed by atoms with E-state index in [1.807, 2.05) is 26.1 Å². The number of hydrogen-bond acceptors (Lipinski definition) is 2. The zero-order valence-electron chi connectivity index (χ0n) is 8.48. The number of nitrogens with one attached hydrogen (secondary N) is 1. The number of anilines is 1. The summed E-state index contributed by atoms with van der Waals surface area (Å²) in [5.74, 6) is 0. The second-order valence-corrected chi connectivity index (χ2v) is 3.39. The molecule has 0 atom stereocenters. The number of rotatable bonds is 1. The summed E-state index contributed by atoms with van der Waals surface area (Å²) in [6, 6.07) is 3.79. The number of carboxylic acid groups (broad SMARTS) is 1. The van der Waals surface area contributed by atoms with Crippen molar-refractivity contribution in [3.63, 3.8) is 0 Å². The van der Waals surface area contributed by atoms with Gasteiger partial charge in [-0.1, -0.05) is 6.07 Å². The van der Waals surface area contributed by atoms with Crippen LogP contribution in [-0.2, 0) is 7.05 Å². The second kappa shape index (κ2) is 3.27. The lowest BCUT2D eigenvalue weighted by Gasteiger charge is -2.06. The van der Waals surface area contributed by atoms with Gasteiger partial charge in [0.25, 0.3) is 0 Å². The summed E-state index contributed by atoms with van der Waals surface area (Å²) >= 11 is 0. The molecule has 2 aromatic rings. The molecule has 78 valence electrons. The molecule has 0 aliphatic carbocycles. The van der Waals surface area contributed by atoms with Crippen molar-refractivity contribution in [1.29, 1.82) is 0 Å². The maximum atomic E-state index is 10.6. The first-order chi connectivity index (χ1) is 7.09. The molecule has 1 heterocycles. The Morgan fingerprint density at radius 3 is 2.93 bits per heavy atom. The second-order valence-electron chi connectivity index (χ2n) is 3.39. The summed E-state index contributed by atoms with van der Waals surface area (Å²) in [5.41, 5.74) is 2.40. The molecule has 1 amide bonds. The zero-order chi connectivity index (χ0) is 11.0. The van der Waals surface area contributed by atoms with E-state index in [1.54, 1.807) is 10.9 Å². The predicted octanol–water partition coefficient (Wildman–Crippen LogP) is 1.97. The summed E-state index contributed by atoms with van der Waals surface area (Å²) in [4.78, 5) is 10.6. The maximum Gasteiger partial charge on any atom is 0.409 e. The van der Waals surface area contributed by atoms with Crippen molar-refractivity contribution in [2.45, 2.75) is 6.92 Å². The Bertz CT molecular complexity index is 531. The smallest absolute Gasteiger partial charge is 0.409 e. The first-order valence-corrected chi connectivity index (χ1v) is 4.51. The summed E-state index contributed by atoms with van der Waals surface area (Å²) in [5, 5.41) is 16.0. The van der Waals surface area contributed by atoms with Crippen LogP contribution in [0.4, 0.5) is 10.5 Å². The van der Waals surface area contributed by atoms with Crippen molar-refractivity contribution in [3.05, 3.63) is 23.9 Å². The molecule has 15 heavy (non-hydrogen) atoms. The maximum absolute atomic E-state index is 10.6. The molecule has 0 unspecified atom stereocenters. The molecule has 2 rings (SSSR count). The van der Waals surface area contributed by atoms with Crippen LogP contribution in [0.25, 0.3) is 10.9 Å². The molecule has 0 aliphatic rings. The lowest BCUT2D eigenvalue weighted by atomic mass is 10.1. The van der Waals surface area contributed by atoms with Gasteiger partial charge < -0.3 is 5.11 Å². The van der Waals surface area contributed by atoms with Crippen molar-refractivity contribution in [3.8, 4) is 0 Å². The SMILES string of the molecule is Cc1ccc2c(cnn2C)c1NC(=O)O. The van der Waals surface area contributed by atoms with Gasteiger partial charge >= 0.3 is 6.09 Å². The first kappa shape index (κ1) is 9.51. The fraction of sp³-hybridized carbons (Fsp3) is 0.200. The van der Waals surface area contributed by atoms with E-state index in [9.17, 15) is 4.79 Å². The third-order valence-corrected chi connectivity index (χ3v) is 2.37. The van der Waals surface area contributed by atoms with Crippen molar-refractivity contribution in [1.82, 2.24) is 9.78 Å². The molecule has 2 N–H and O–H groups in total. The third kappa shape index (κ3) is 1.52. The van der Waals surface area contributed by atoms with Gasteiger partial charge in [0.05, 0.1) is 17.4 Å². The first-order valence-electron chi connectivity index (χ1n) is 4.51. The molecule has 0 bridgehead atoms. The van der Waals surface area contributed by atoms with Crippen LogP contribution in [0, 0.1) is 6.92 Å². The highest BCUT2D eigenvalue weighted by Gasteiger charge is 2.09. The standard InChI is InChI=1S/C10H11N3O2/c1-6-3-4-8-7(5-11-13(8)2)9(6)12-10(14)15/h3-5,12H,1-2H3,(H,14,15). The Hall–Kier alpha value is -2.04. The number of hydrogen-bond donors (Lipinski definition) is 2. The minimum absolute atomic E-state index is 0.605. The van der Waals surface area contributed by atoms with Crippen molar-refractivity contribution < 1.29 is 9.90 Å². The minimum atomic E-state index is -1.06. The monoisotopic (exact) mass is 205 g/mol. The van der Waals surface area contributed by atoms with Crippen molar-refractivity contribution >= 4 is 22.7 Å². The highest BCUT2D eigenvalue weighted by atomic mass is 16.4. The van der Waals surface area contributed by atoms with Gasteiger partial charge in [-0.05, 0) is 18.6 Å². The van der Waals surface area contributed by atoms with Crippen LogP contribution in [0.5, 0.6) is 0 Å². The van der Waals surface area contributed by atoms with Crippen molar-refractivity contribution in [2.24, 2.45) is 7.05 Å². The summed E-state index contributed by atoms with van der Waals surface area (Å²) in [6.07, 6.45) is 0.600. The predicted molar refractivity (Wildman–Crippen MR) is 57.1 cm³/mol.